The molecule has 2 amide bonds. The van der Waals surface area contributed by atoms with E-state index in [2.05, 4.69) is 5.32 Å². The summed E-state index contributed by atoms with van der Waals surface area (Å²) < 4.78 is 36.5. The molecule has 116 valence electrons. The summed E-state index contributed by atoms with van der Waals surface area (Å²) >= 11 is 0. The molecule has 0 radical (unpaired) electrons. The lowest BCUT2D eigenvalue weighted by atomic mass is 10.0. The van der Waals surface area contributed by atoms with Gasteiger partial charge in [-0.1, -0.05) is 12.1 Å². The lowest BCUT2D eigenvalue weighted by molar-refractivity contribution is -0.167. The van der Waals surface area contributed by atoms with Crippen LogP contribution in [-0.2, 0) is 16.1 Å². The minimum absolute atomic E-state index is 0.0218. The Morgan fingerprint density at radius 1 is 1.24 bits per heavy atom. The van der Waals surface area contributed by atoms with E-state index in [0.717, 1.165) is 0 Å². The number of nitrogens with two attached hydrogens (primary N) is 1. The van der Waals surface area contributed by atoms with Crippen LogP contribution in [0.5, 0.6) is 0 Å². The molecule has 1 rings (SSSR count). The van der Waals surface area contributed by atoms with E-state index >= 15 is 0 Å². The Morgan fingerprint density at radius 3 is 2.38 bits per heavy atom. The summed E-state index contributed by atoms with van der Waals surface area (Å²) in [6, 6.07) is 5.87. The maximum atomic E-state index is 12.2. The van der Waals surface area contributed by atoms with Crippen LogP contribution in [0.3, 0.4) is 0 Å². The molecule has 0 saturated heterocycles. The van der Waals surface area contributed by atoms with Gasteiger partial charge in [-0.15, -0.1) is 0 Å². The Bertz CT molecular complexity index is 542. The lowest BCUT2D eigenvalue weighted by Crippen LogP contribution is -2.50. The van der Waals surface area contributed by atoms with Gasteiger partial charge in [0.2, 0.25) is 5.91 Å². The molecule has 8 heteroatoms. The molecule has 0 saturated carbocycles. The molecule has 0 atom stereocenters. The molecule has 0 bridgehead atoms. The van der Waals surface area contributed by atoms with Gasteiger partial charge in [0.05, 0.1) is 5.54 Å². The van der Waals surface area contributed by atoms with Gasteiger partial charge in [0, 0.05) is 12.2 Å². The van der Waals surface area contributed by atoms with Gasteiger partial charge in [-0.2, -0.15) is 13.2 Å². The lowest BCUT2D eigenvalue weighted by Gasteiger charge is -2.22. The highest BCUT2D eigenvalue weighted by Gasteiger charge is 2.38. The SMILES string of the molecule is CC(C)(NCc1cccc(NC(=O)C(F)(F)F)c1)C(N)=O. The zero-order chi connectivity index (χ0) is 16.3. The van der Waals surface area contributed by atoms with Crippen LogP contribution < -0.4 is 16.4 Å². The van der Waals surface area contributed by atoms with Crippen molar-refractivity contribution in [1.82, 2.24) is 5.32 Å². The molecule has 4 N–H and O–H groups in total. The summed E-state index contributed by atoms with van der Waals surface area (Å²) in [5.41, 5.74) is 4.86. The van der Waals surface area contributed by atoms with Gasteiger partial charge >= 0.3 is 12.1 Å². The third-order valence-corrected chi connectivity index (χ3v) is 2.79. The van der Waals surface area contributed by atoms with Gasteiger partial charge in [-0.05, 0) is 31.5 Å². The van der Waals surface area contributed by atoms with Gasteiger partial charge in [-0.25, -0.2) is 0 Å². The van der Waals surface area contributed by atoms with E-state index in [1.165, 1.54) is 18.2 Å². The van der Waals surface area contributed by atoms with E-state index in [0.29, 0.717) is 5.56 Å². The Hall–Kier alpha value is -2.09. The largest absolute Gasteiger partial charge is 0.471 e. The highest BCUT2D eigenvalue weighted by atomic mass is 19.4. The topological polar surface area (TPSA) is 84.2 Å². The van der Waals surface area contributed by atoms with Crippen molar-refractivity contribution in [2.75, 3.05) is 5.32 Å². The Morgan fingerprint density at radius 2 is 1.86 bits per heavy atom. The molecule has 0 aliphatic heterocycles. The average molecular weight is 303 g/mol. The Balaban J connectivity index is 2.74. The second kappa shape index (κ2) is 6.13. The maximum Gasteiger partial charge on any atom is 0.471 e. The second-order valence-corrected chi connectivity index (χ2v) is 5.00. The fourth-order valence-electron chi connectivity index (χ4n) is 1.37. The van der Waals surface area contributed by atoms with Crippen LogP contribution in [0.15, 0.2) is 24.3 Å². The fourth-order valence-corrected chi connectivity index (χ4v) is 1.37. The number of carbonyl (C=O) groups is 2. The number of hydrogen-bond acceptors (Lipinski definition) is 3. The van der Waals surface area contributed by atoms with Crippen molar-refractivity contribution < 1.29 is 22.8 Å². The number of benzene rings is 1. The summed E-state index contributed by atoms with van der Waals surface area (Å²) in [6.45, 7) is 3.39. The Labute approximate surface area is 119 Å². The number of halogens is 3. The second-order valence-electron chi connectivity index (χ2n) is 5.00. The number of amides is 2. The van der Waals surface area contributed by atoms with Crippen molar-refractivity contribution in [3.05, 3.63) is 29.8 Å². The standard InChI is InChI=1S/C13H16F3N3O2/c1-12(2,10(17)20)18-7-8-4-3-5-9(6-8)19-11(21)13(14,15)16/h3-6,18H,7H2,1-2H3,(H2,17,20)(H,19,21). The van der Waals surface area contributed by atoms with Crippen LogP contribution in [-0.4, -0.2) is 23.5 Å². The van der Waals surface area contributed by atoms with Crippen LogP contribution in [0.1, 0.15) is 19.4 Å². The highest BCUT2D eigenvalue weighted by Crippen LogP contribution is 2.19. The Kier molecular flexibility index (Phi) is 4.95. The van der Waals surface area contributed by atoms with E-state index in [4.69, 9.17) is 5.73 Å². The summed E-state index contributed by atoms with van der Waals surface area (Å²) in [7, 11) is 0. The van der Waals surface area contributed by atoms with Gasteiger partial charge in [0.15, 0.2) is 0 Å². The smallest absolute Gasteiger partial charge is 0.368 e. The number of nitrogens with one attached hydrogen (secondary N) is 2. The highest BCUT2D eigenvalue weighted by molar-refractivity contribution is 5.94. The van der Waals surface area contributed by atoms with Crippen LogP contribution in [0, 0.1) is 0 Å². The molecule has 1 aromatic rings. The molecular weight excluding hydrogens is 287 g/mol. The van der Waals surface area contributed by atoms with Crippen molar-refractivity contribution in [1.29, 1.82) is 0 Å². The average Bonchev–Trinajstić information content (AvgIpc) is 2.35. The first-order valence-electron chi connectivity index (χ1n) is 6.04. The number of primary amides is 1. The molecule has 0 spiro atoms. The van der Waals surface area contributed by atoms with Crippen LogP contribution >= 0.6 is 0 Å². The molecule has 0 aliphatic carbocycles. The first kappa shape index (κ1) is 17.0. The third-order valence-electron chi connectivity index (χ3n) is 2.79. The van der Waals surface area contributed by atoms with E-state index in [9.17, 15) is 22.8 Å². The van der Waals surface area contributed by atoms with Gasteiger partial charge in [-0.3, -0.25) is 14.9 Å². The van der Waals surface area contributed by atoms with Crippen molar-refractivity contribution in [2.45, 2.75) is 32.1 Å². The molecular formula is C13H16F3N3O2. The van der Waals surface area contributed by atoms with E-state index in [1.807, 2.05) is 0 Å². The molecule has 1 aromatic carbocycles. The van der Waals surface area contributed by atoms with Crippen LogP contribution in [0.25, 0.3) is 0 Å². The minimum Gasteiger partial charge on any atom is -0.368 e. The van der Waals surface area contributed by atoms with E-state index in [-0.39, 0.29) is 12.2 Å². The predicted molar refractivity (Wildman–Crippen MR) is 71.2 cm³/mol. The molecule has 0 aliphatic rings. The zero-order valence-electron chi connectivity index (χ0n) is 11.5. The summed E-state index contributed by atoms with van der Waals surface area (Å²) in [5, 5.41) is 4.63. The van der Waals surface area contributed by atoms with Crippen molar-refractivity contribution in [2.24, 2.45) is 5.73 Å². The summed E-state index contributed by atoms with van der Waals surface area (Å²) in [4.78, 5) is 22.0. The normalized spacial score (nSPS) is 12.0. The van der Waals surface area contributed by atoms with Crippen molar-refractivity contribution in [3.8, 4) is 0 Å². The number of alkyl halides is 3. The molecule has 0 unspecified atom stereocenters. The summed E-state index contributed by atoms with van der Waals surface area (Å²) in [6.07, 6.45) is -4.94. The van der Waals surface area contributed by atoms with Gasteiger partial charge in [0.25, 0.3) is 0 Å². The zero-order valence-corrected chi connectivity index (χ0v) is 11.5. The fraction of sp³-hybridized carbons (Fsp3) is 0.385. The van der Waals surface area contributed by atoms with E-state index < -0.39 is 23.5 Å². The molecule has 0 fully saturated rings. The van der Waals surface area contributed by atoms with Crippen LogP contribution in [0.4, 0.5) is 18.9 Å². The summed E-state index contributed by atoms with van der Waals surface area (Å²) in [5.74, 6) is -2.59. The monoisotopic (exact) mass is 303 g/mol. The molecule has 0 heterocycles. The molecule has 5 nitrogen and oxygen atoms in total. The minimum atomic E-state index is -4.94. The van der Waals surface area contributed by atoms with Crippen LogP contribution in [0.2, 0.25) is 0 Å². The van der Waals surface area contributed by atoms with Gasteiger partial charge < -0.3 is 11.1 Å². The number of anilines is 1. The van der Waals surface area contributed by atoms with Gasteiger partial charge in [0.1, 0.15) is 0 Å². The molecule has 21 heavy (non-hydrogen) atoms. The third kappa shape index (κ3) is 5.07. The van der Waals surface area contributed by atoms with Crippen molar-refractivity contribution in [3.63, 3.8) is 0 Å². The number of hydrogen-bond donors (Lipinski definition) is 3. The number of rotatable bonds is 5. The first-order valence-corrected chi connectivity index (χ1v) is 6.04. The first-order chi connectivity index (χ1) is 9.52. The van der Waals surface area contributed by atoms with E-state index in [1.54, 1.807) is 25.2 Å². The quantitative estimate of drug-likeness (QED) is 0.771. The number of carbonyl (C=O) groups excluding carboxylic acids is 2. The maximum absolute atomic E-state index is 12.2. The molecule has 0 aromatic heterocycles. The van der Waals surface area contributed by atoms with Crippen molar-refractivity contribution >= 4 is 17.5 Å². The predicted octanol–water partition coefficient (Wildman–Crippen LogP) is 1.54.